The first-order chi connectivity index (χ1) is 20.4. The summed E-state index contributed by atoms with van der Waals surface area (Å²) in [4.78, 5) is 0. The zero-order chi connectivity index (χ0) is 29.3. The molecular weight excluding hydrogens is 655 g/mol. The molecule has 0 spiro atoms. The molecule has 0 unspecified atom stereocenters. The number of rotatable bonds is 10. The Balaban J connectivity index is 0.00000221. The number of allylic oxidation sites excluding steroid dienone is 4. The van der Waals surface area contributed by atoms with Crippen LogP contribution >= 0.6 is 24.8 Å². The van der Waals surface area contributed by atoms with Crippen molar-refractivity contribution in [3.05, 3.63) is 134 Å². The minimum absolute atomic E-state index is 0. The summed E-state index contributed by atoms with van der Waals surface area (Å²) in [5.74, 6) is 0. The maximum atomic E-state index is 5.70. The van der Waals surface area contributed by atoms with Crippen molar-refractivity contribution in [1.29, 1.82) is 0 Å². The Kier molecular flexibility index (Phi) is 11.0. The van der Waals surface area contributed by atoms with Crippen LogP contribution in [0, 0.1) is 13.8 Å². The van der Waals surface area contributed by atoms with Crippen LogP contribution in [0.1, 0.15) is 79.3 Å². The SMILES string of the molecule is Cl.Cl.[CH2]=[Zr]([C]1=CC=CC1)([c]1ccc(CCCC)cc1)([c]1ccc(CCCC)cc1)[c]1c(C)ccc2c1Cc1cc(C)ccc1-2. The van der Waals surface area contributed by atoms with Gasteiger partial charge in [0.25, 0.3) is 0 Å². The van der Waals surface area contributed by atoms with Gasteiger partial charge in [0.2, 0.25) is 0 Å². The summed E-state index contributed by atoms with van der Waals surface area (Å²) in [5.41, 5.74) is 11.4. The number of halogens is 2. The first kappa shape index (κ1) is 34.6. The van der Waals surface area contributed by atoms with E-state index >= 15 is 0 Å². The summed E-state index contributed by atoms with van der Waals surface area (Å²) in [6, 6.07) is 31.4. The van der Waals surface area contributed by atoms with Crippen LogP contribution in [0.4, 0.5) is 0 Å². The van der Waals surface area contributed by atoms with Gasteiger partial charge in [0.1, 0.15) is 0 Å². The summed E-state index contributed by atoms with van der Waals surface area (Å²) in [5, 5.41) is 0. The Morgan fingerprint density at radius 2 is 1.27 bits per heavy atom. The summed E-state index contributed by atoms with van der Waals surface area (Å²) in [7, 11) is 0. The Bertz CT molecular complexity index is 1700. The molecule has 0 aromatic heterocycles. The molecule has 0 saturated heterocycles. The van der Waals surface area contributed by atoms with E-state index in [1.807, 2.05) is 0 Å². The number of benzene rings is 4. The second kappa shape index (κ2) is 14.0. The first-order valence-corrected chi connectivity index (χ1v) is 22.8. The fraction of sp³-hybridized carbons (Fsp3) is 0.293. The quantitative estimate of drug-likeness (QED) is 0.136. The molecule has 0 aliphatic heterocycles. The third-order valence-corrected chi connectivity index (χ3v) is 27.0. The van der Waals surface area contributed by atoms with Gasteiger partial charge in [-0.2, -0.15) is 0 Å². The number of hydrogen-bond acceptors (Lipinski definition) is 0. The molecule has 0 heterocycles. The second-order valence-corrected chi connectivity index (χ2v) is 25.8. The Morgan fingerprint density at radius 1 is 0.705 bits per heavy atom. The normalized spacial score (nSPS) is 13.5. The molecular formula is C41H48Cl2Zr. The topological polar surface area (TPSA) is 0 Å². The third kappa shape index (κ3) is 5.64. The number of fused-ring (bicyclic) bond motifs is 3. The zero-order valence-electron chi connectivity index (χ0n) is 26.9. The van der Waals surface area contributed by atoms with Crippen molar-refractivity contribution in [3.8, 4) is 11.1 Å². The van der Waals surface area contributed by atoms with Crippen molar-refractivity contribution >= 4 is 38.8 Å². The average Bonchev–Trinajstić information content (AvgIpc) is 3.68. The molecule has 230 valence electrons. The summed E-state index contributed by atoms with van der Waals surface area (Å²) in [6.45, 7) is 9.14. The van der Waals surface area contributed by atoms with Crippen molar-refractivity contribution in [2.75, 3.05) is 0 Å². The molecule has 0 radical (unpaired) electrons. The number of hydrogen-bond donors (Lipinski definition) is 0. The standard InChI is InChI=1S/C15H13.2C10H13.C5H5.CH2.2ClH.Zr/c1-10-3-5-14-12(7-10)9-13-8-11(2)4-6-15(13)14;2*1-2-3-7-10-8-5-4-6-9-10;1-2-4-5-3-1;;;;/h3-7H,9H2,1-2H3;2*5-6,8-9H,2-3,7H2,1H3;1-3H,4H2;1H2;2*1H;. The maximum absolute atomic E-state index is 5.70. The summed E-state index contributed by atoms with van der Waals surface area (Å²) < 4.78 is 11.8. The molecule has 0 nitrogen and oxygen atoms in total. The van der Waals surface area contributed by atoms with Crippen molar-refractivity contribution in [2.24, 2.45) is 0 Å². The molecule has 0 atom stereocenters. The van der Waals surface area contributed by atoms with Crippen LogP contribution in [0.15, 0.2) is 100 Å². The number of unbranched alkanes of at least 4 members (excludes halogenated alkanes) is 2. The van der Waals surface area contributed by atoms with E-state index in [2.05, 4.69) is 125 Å². The molecule has 3 heteroatoms. The van der Waals surface area contributed by atoms with E-state index in [1.165, 1.54) is 76.7 Å². The molecule has 0 saturated carbocycles. The first-order valence-electron chi connectivity index (χ1n) is 16.2. The van der Waals surface area contributed by atoms with E-state index in [4.69, 9.17) is 4.21 Å². The van der Waals surface area contributed by atoms with Gasteiger partial charge in [-0.05, 0) is 0 Å². The van der Waals surface area contributed by atoms with Crippen LogP contribution in [0.2, 0.25) is 0 Å². The molecule has 0 N–H and O–H groups in total. The molecule has 2 aliphatic rings. The average molecular weight is 703 g/mol. The van der Waals surface area contributed by atoms with Gasteiger partial charge in [-0.15, -0.1) is 24.8 Å². The van der Waals surface area contributed by atoms with E-state index < -0.39 is 18.3 Å². The predicted molar refractivity (Wildman–Crippen MR) is 197 cm³/mol. The molecule has 2 aliphatic carbocycles. The third-order valence-electron chi connectivity index (χ3n) is 10.3. The van der Waals surface area contributed by atoms with E-state index in [0.29, 0.717) is 0 Å². The van der Waals surface area contributed by atoms with Gasteiger partial charge < -0.3 is 0 Å². The van der Waals surface area contributed by atoms with Crippen molar-refractivity contribution in [1.82, 2.24) is 0 Å². The van der Waals surface area contributed by atoms with E-state index in [0.717, 1.165) is 25.7 Å². The molecule has 44 heavy (non-hydrogen) atoms. The van der Waals surface area contributed by atoms with Gasteiger partial charge in [0.15, 0.2) is 0 Å². The predicted octanol–water partition coefficient (Wildman–Crippen LogP) is 9.65. The monoisotopic (exact) mass is 700 g/mol. The molecule has 6 rings (SSSR count). The van der Waals surface area contributed by atoms with Crippen LogP contribution < -0.4 is 9.81 Å². The van der Waals surface area contributed by atoms with E-state index in [-0.39, 0.29) is 24.8 Å². The van der Waals surface area contributed by atoms with Gasteiger partial charge in [0, 0.05) is 0 Å². The van der Waals surface area contributed by atoms with Crippen LogP contribution in [0.3, 0.4) is 0 Å². The Labute approximate surface area is 279 Å². The van der Waals surface area contributed by atoms with Crippen LogP contribution in [-0.2, 0) is 37.6 Å². The zero-order valence-corrected chi connectivity index (χ0v) is 31.0. The van der Waals surface area contributed by atoms with E-state index in [9.17, 15) is 0 Å². The van der Waals surface area contributed by atoms with Crippen molar-refractivity contribution in [3.63, 3.8) is 0 Å². The molecule has 0 amide bonds. The molecule has 4 aromatic carbocycles. The minimum atomic E-state index is -4.68. The Hall–Kier alpha value is -2.31. The van der Waals surface area contributed by atoms with Crippen molar-refractivity contribution < 1.29 is 18.3 Å². The van der Waals surface area contributed by atoms with Gasteiger partial charge in [-0.25, -0.2) is 0 Å². The Morgan fingerprint density at radius 3 is 1.80 bits per heavy atom. The second-order valence-electron chi connectivity index (χ2n) is 13.0. The summed E-state index contributed by atoms with van der Waals surface area (Å²) in [6.07, 6.45) is 16.3. The molecule has 0 bridgehead atoms. The fourth-order valence-corrected chi connectivity index (χ4v) is 24.3. The van der Waals surface area contributed by atoms with Crippen LogP contribution in [0.25, 0.3) is 11.1 Å². The van der Waals surface area contributed by atoms with Crippen LogP contribution in [0.5, 0.6) is 0 Å². The summed E-state index contributed by atoms with van der Waals surface area (Å²) >= 11 is -4.68. The van der Waals surface area contributed by atoms with Gasteiger partial charge in [-0.1, -0.05) is 0 Å². The van der Waals surface area contributed by atoms with Crippen molar-refractivity contribution in [2.45, 2.75) is 79.1 Å². The number of aryl methyl sites for hydroxylation is 4. The van der Waals surface area contributed by atoms with Gasteiger partial charge >= 0.3 is 256 Å². The van der Waals surface area contributed by atoms with E-state index in [1.54, 1.807) is 6.55 Å². The molecule has 0 fully saturated rings. The molecule has 4 aromatic rings. The fourth-order valence-electron chi connectivity index (χ4n) is 7.97. The van der Waals surface area contributed by atoms with Gasteiger partial charge in [0.05, 0.1) is 0 Å². The van der Waals surface area contributed by atoms with Crippen LogP contribution in [-0.4, -0.2) is 4.21 Å². The van der Waals surface area contributed by atoms with Gasteiger partial charge in [-0.3, -0.25) is 0 Å².